The summed E-state index contributed by atoms with van der Waals surface area (Å²) in [6, 6.07) is 86.0. The molecule has 0 bridgehead atoms. The fourth-order valence-electron chi connectivity index (χ4n) is 8.81. The Labute approximate surface area is 354 Å². The van der Waals surface area contributed by atoms with Crippen LogP contribution in [0.25, 0.3) is 86.6 Å². The Morgan fingerprint density at radius 2 is 0.700 bits per heavy atom. The lowest BCUT2D eigenvalue weighted by molar-refractivity contribution is 1.30. The topological polar surface area (TPSA) is 3.24 Å². The van der Waals surface area contributed by atoms with E-state index >= 15 is 0 Å². The number of benzene rings is 10. The van der Waals surface area contributed by atoms with Crippen LogP contribution >= 0.6 is 11.3 Å². The van der Waals surface area contributed by atoms with Gasteiger partial charge >= 0.3 is 0 Å². The summed E-state index contributed by atoms with van der Waals surface area (Å²) >= 11 is 1.86. The average molecular weight is 782 g/mol. The predicted octanol–water partition coefficient (Wildman–Crippen LogP) is 17.0. The van der Waals surface area contributed by atoms with Crippen molar-refractivity contribution < 1.29 is 0 Å². The van der Waals surface area contributed by atoms with Gasteiger partial charge in [0.05, 0.1) is 10.4 Å². The SMILES string of the molecule is c1ccc(-c2ccccc2-c2ccc(-c3ccc(N(c4ccc(-c5cccc6cccc(-c7ccccc7)c56)cc4)c4cccc5c4sc4ccccc45)cc3)cc2)cc1. The van der Waals surface area contributed by atoms with Gasteiger partial charge in [-0.3, -0.25) is 0 Å². The molecule has 0 N–H and O–H groups in total. The molecule has 0 amide bonds. The van der Waals surface area contributed by atoms with Gasteiger partial charge in [0.15, 0.2) is 0 Å². The molecule has 0 saturated carbocycles. The molecule has 0 aliphatic rings. The molecule has 1 aromatic heterocycles. The number of hydrogen-bond acceptors (Lipinski definition) is 2. The molecule has 1 nitrogen and oxygen atoms in total. The summed E-state index contributed by atoms with van der Waals surface area (Å²) in [6.45, 7) is 0. The third-order valence-electron chi connectivity index (χ3n) is 11.7. The van der Waals surface area contributed by atoms with Crippen LogP contribution in [0.2, 0.25) is 0 Å². The minimum atomic E-state index is 1.11. The van der Waals surface area contributed by atoms with Crippen LogP contribution in [0.15, 0.2) is 237 Å². The van der Waals surface area contributed by atoms with Gasteiger partial charge in [-0.25, -0.2) is 0 Å². The van der Waals surface area contributed by atoms with Gasteiger partial charge in [0, 0.05) is 26.8 Å². The number of anilines is 3. The molecule has 0 unspecified atom stereocenters. The van der Waals surface area contributed by atoms with E-state index in [-0.39, 0.29) is 0 Å². The highest BCUT2D eigenvalue weighted by atomic mass is 32.1. The molecule has 282 valence electrons. The van der Waals surface area contributed by atoms with Crippen molar-refractivity contribution in [3.8, 4) is 55.6 Å². The third kappa shape index (κ3) is 6.44. The van der Waals surface area contributed by atoms with Crippen molar-refractivity contribution in [3.05, 3.63) is 237 Å². The molecule has 1 heterocycles. The second kappa shape index (κ2) is 15.3. The van der Waals surface area contributed by atoms with Crippen LogP contribution in [0.5, 0.6) is 0 Å². The molecule has 0 spiro atoms. The van der Waals surface area contributed by atoms with E-state index in [0.29, 0.717) is 0 Å². The smallest absolute Gasteiger partial charge is 0.0640 e. The maximum atomic E-state index is 2.42. The molecule has 11 rings (SSSR count). The molecular formula is C58H39NS. The van der Waals surface area contributed by atoms with E-state index in [1.54, 1.807) is 0 Å². The van der Waals surface area contributed by atoms with Crippen LogP contribution in [0.4, 0.5) is 17.1 Å². The number of fused-ring (bicyclic) bond motifs is 4. The largest absolute Gasteiger partial charge is 0.309 e. The summed E-state index contributed by atoms with van der Waals surface area (Å²) in [4.78, 5) is 2.42. The number of nitrogens with zero attached hydrogens (tertiary/aromatic N) is 1. The minimum Gasteiger partial charge on any atom is -0.309 e. The van der Waals surface area contributed by atoms with E-state index < -0.39 is 0 Å². The second-order valence-electron chi connectivity index (χ2n) is 15.2. The summed E-state index contributed by atoms with van der Waals surface area (Å²) in [6.07, 6.45) is 0. The maximum Gasteiger partial charge on any atom is 0.0640 e. The van der Waals surface area contributed by atoms with Crippen molar-refractivity contribution in [2.45, 2.75) is 0 Å². The summed E-state index contributed by atoms with van der Waals surface area (Å²) < 4.78 is 2.57. The molecule has 0 atom stereocenters. The van der Waals surface area contributed by atoms with Gasteiger partial charge in [0.2, 0.25) is 0 Å². The molecule has 0 aliphatic carbocycles. The Bertz CT molecular complexity index is 3270. The Morgan fingerprint density at radius 3 is 1.32 bits per heavy atom. The van der Waals surface area contributed by atoms with Gasteiger partial charge in [-0.1, -0.05) is 200 Å². The lowest BCUT2D eigenvalue weighted by atomic mass is 9.91. The molecule has 11 aromatic rings. The molecule has 0 saturated heterocycles. The maximum absolute atomic E-state index is 2.42. The molecule has 2 heteroatoms. The molecule has 10 aromatic carbocycles. The normalized spacial score (nSPS) is 11.3. The molecule has 0 fully saturated rings. The molecular weight excluding hydrogens is 743 g/mol. The summed E-state index contributed by atoms with van der Waals surface area (Å²) in [7, 11) is 0. The highest BCUT2D eigenvalue weighted by Gasteiger charge is 2.19. The first-order chi connectivity index (χ1) is 29.8. The first-order valence-corrected chi connectivity index (χ1v) is 21.3. The van der Waals surface area contributed by atoms with Gasteiger partial charge in [-0.05, 0) is 103 Å². The van der Waals surface area contributed by atoms with Crippen molar-refractivity contribution in [1.29, 1.82) is 0 Å². The van der Waals surface area contributed by atoms with E-state index in [4.69, 9.17) is 0 Å². The van der Waals surface area contributed by atoms with Crippen LogP contribution in [-0.4, -0.2) is 0 Å². The number of hydrogen-bond donors (Lipinski definition) is 0. The molecule has 0 aliphatic heterocycles. The lowest BCUT2D eigenvalue weighted by Gasteiger charge is -2.26. The monoisotopic (exact) mass is 781 g/mol. The highest BCUT2D eigenvalue weighted by Crippen LogP contribution is 2.46. The van der Waals surface area contributed by atoms with Crippen molar-refractivity contribution in [2.24, 2.45) is 0 Å². The highest BCUT2D eigenvalue weighted by molar-refractivity contribution is 7.26. The lowest BCUT2D eigenvalue weighted by Crippen LogP contribution is -2.10. The van der Waals surface area contributed by atoms with E-state index in [2.05, 4.69) is 241 Å². The fourth-order valence-corrected chi connectivity index (χ4v) is 10.0. The zero-order valence-electron chi connectivity index (χ0n) is 32.9. The summed E-state index contributed by atoms with van der Waals surface area (Å²) in [5.74, 6) is 0. The van der Waals surface area contributed by atoms with Gasteiger partial charge in [-0.15, -0.1) is 11.3 Å². The molecule has 0 radical (unpaired) electrons. The van der Waals surface area contributed by atoms with Crippen LogP contribution < -0.4 is 4.90 Å². The third-order valence-corrected chi connectivity index (χ3v) is 12.9. The Balaban J connectivity index is 0.985. The van der Waals surface area contributed by atoms with E-state index in [1.807, 2.05) is 11.3 Å². The van der Waals surface area contributed by atoms with Gasteiger partial charge in [0.1, 0.15) is 0 Å². The van der Waals surface area contributed by atoms with Crippen molar-refractivity contribution in [2.75, 3.05) is 4.90 Å². The first-order valence-electron chi connectivity index (χ1n) is 20.5. The van der Waals surface area contributed by atoms with Gasteiger partial charge < -0.3 is 4.90 Å². The first kappa shape index (κ1) is 35.6. The summed E-state index contributed by atoms with van der Waals surface area (Å²) in [5, 5.41) is 5.09. The summed E-state index contributed by atoms with van der Waals surface area (Å²) in [5.41, 5.74) is 15.6. The van der Waals surface area contributed by atoms with E-state index in [9.17, 15) is 0 Å². The van der Waals surface area contributed by atoms with Crippen molar-refractivity contribution in [3.63, 3.8) is 0 Å². The minimum absolute atomic E-state index is 1.11. The standard InChI is InChI=1S/C58H39NS/c1-3-14-42(15-4-1)49-20-7-8-21-50(49)44-30-28-40(29-31-44)41-32-36-47(37-33-41)59(55-26-13-25-54-53-22-9-10-27-56(53)60-58(54)55)48-38-34-45(35-39-48)52-24-12-19-46-18-11-23-51(57(46)52)43-16-5-2-6-17-43/h1-39H. The molecule has 60 heavy (non-hydrogen) atoms. The zero-order chi connectivity index (χ0) is 39.8. The van der Waals surface area contributed by atoms with Crippen LogP contribution in [-0.2, 0) is 0 Å². The predicted molar refractivity (Wildman–Crippen MR) is 259 cm³/mol. The van der Waals surface area contributed by atoms with Crippen molar-refractivity contribution >= 4 is 59.3 Å². The van der Waals surface area contributed by atoms with Crippen molar-refractivity contribution in [1.82, 2.24) is 0 Å². The van der Waals surface area contributed by atoms with E-state index in [0.717, 1.165) is 11.4 Å². The Kier molecular flexibility index (Phi) is 9.11. The number of rotatable bonds is 8. The average Bonchev–Trinajstić information content (AvgIpc) is 3.72. The van der Waals surface area contributed by atoms with Crippen LogP contribution in [0, 0.1) is 0 Å². The number of thiophene rings is 1. The Morgan fingerprint density at radius 1 is 0.283 bits per heavy atom. The van der Waals surface area contributed by atoms with Crippen LogP contribution in [0.3, 0.4) is 0 Å². The van der Waals surface area contributed by atoms with E-state index in [1.165, 1.54) is 92.3 Å². The fraction of sp³-hybridized carbons (Fsp3) is 0. The van der Waals surface area contributed by atoms with Gasteiger partial charge in [0.25, 0.3) is 0 Å². The quantitative estimate of drug-likeness (QED) is 0.148. The zero-order valence-corrected chi connectivity index (χ0v) is 33.7. The Hall–Kier alpha value is -7.52. The van der Waals surface area contributed by atoms with Crippen LogP contribution in [0.1, 0.15) is 0 Å². The second-order valence-corrected chi connectivity index (χ2v) is 16.3. The van der Waals surface area contributed by atoms with Gasteiger partial charge in [-0.2, -0.15) is 0 Å².